The van der Waals surface area contributed by atoms with Crippen molar-refractivity contribution in [1.82, 2.24) is 10.2 Å². The first kappa shape index (κ1) is 22.7. The Kier molecular flexibility index (Phi) is 8.33. The largest absolute Gasteiger partial charge is 0.490 e. The summed E-state index contributed by atoms with van der Waals surface area (Å²) in [5.74, 6) is 1.75. The van der Waals surface area contributed by atoms with Crippen LogP contribution in [0.1, 0.15) is 43.5 Å². The van der Waals surface area contributed by atoms with E-state index in [1.807, 2.05) is 47.4 Å². The lowest BCUT2D eigenvalue weighted by molar-refractivity contribution is -0.133. The minimum Gasteiger partial charge on any atom is -0.490 e. The van der Waals surface area contributed by atoms with Crippen molar-refractivity contribution in [3.63, 3.8) is 0 Å². The van der Waals surface area contributed by atoms with Crippen LogP contribution in [0.3, 0.4) is 0 Å². The molecule has 2 amide bonds. The molecule has 0 unspecified atom stereocenters. The lowest BCUT2D eigenvalue weighted by Gasteiger charge is -2.33. The Hall–Kier alpha value is -3.02. The molecule has 0 aliphatic carbocycles. The van der Waals surface area contributed by atoms with Crippen LogP contribution in [0.25, 0.3) is 0 Å². The fourth-order valence-electron chi connectivity index (χ4n) is 3.62. The molecule has 0 radical (unpaired) electrons. The average molecular weight is 425 g/mol. The van der Waals surface area contributed by atoms with Gasteiger partial charge in [0.15, 0.2) is 0 Å². The smallest absolute Gasteiger partial charge is 0.255 e. The van der Waals surface area contributed by atoms with Crippen molar-refractivity contribution in [3.8, 4) is 11.5 Å². The minimum atomic E-state index is -0.147. The molecule has 1 saturated heterocycles. The van der Waals surface area contributed by atoms with Crippen LogP contribution in [0.4, 0.5) is 0 Å². The van der Waals surface area contributed by atoms with Crippen LogP contribution in [-0.2, 0) is 4.79 Å². The maximum Gasteiger partial charge on any atom is 0.255 e. The molecule has 3 rings (SSSR count). The van der Waals surface area contributed by atoms with Gasteiger partial charge in [-0.05, 0) is 43.0 Å². The zero-order valence-electron chi connectivity index (χ0n) is 18.4. The van der Waals surface area contributed by atoms with E-state index >= 15 is 0 Å². The van der Waals surface area contributed by atoms with Gasteiger partial charge in [-0.25, -0.2) is 0 Å². The Bertz CT molecular complexity index is 846. The highest BCUT2D eigenvalue weighted by molar-refractivity contribution is 5.97. The predicted molar refractivity (Wildman–Crippen MR) is 120 cm³/mol. The molecule has 0 aromatic heterocycles. The number of carbonyl (C=O) groups excluding carboxylic acids is 2. The molecule has 166 valence electrons. The highest BCUT2D eigenvalue weighted by atomic mass is 16.5. The van der Waals surface area contributed by atoms with E-state index in [9.17, 15) is 9.59 Å². The molecule has 2 aromatic rings. The summed E-state index contributed by atoms with van der Waals surface area (Å²) in [4.78, 5) is 27.0. The maximum atomic E-state index is 12.8. The number of carbonyl (C=O) groups is 2. The first-order valence-electron chi connectivity index (χ1n) is 11.0. The summed E-state index contributed by atoms with van der Waals surface area (Å²) in [5, 5.41) is 3.10. The second-order valence-corrected chi connectivity index (χ2v) is 8.23. The molecule has 1 heterocycles. The molecule has 1 fully saturated rings. The number of likely N-dealkylation sites (tertiary alicyclic amines) is 1. The first-order valence-corrected chi connectivity index (χ1v) is 11.0. The van der Waals surface area contributed by atoms with Gasteiger partial charge < -0.3 is 19.7 Å². The van der Waals surface area contributed by atoms with E-state index in [1.54, 1.807) is 12.1 Å². The third-order valence-corrected chi connectivity index (χ3v) is 5.25. The van der Waals surface area contributed by atoms with Gasteiger partial charge in [0.1, 0.15) is 24.7 Å². The maximum absolute atomic E-state index is 12.8. The zero-order chi connectivity index (χ0) is 22.1. The molecule has 0 bridgehead atoms. The monoisotopic (exact) mass is 424 g/mol. The standard InChI is InChI=1S/C25H32N2O4/c1-19(2)18-24(28)27-14-12-20(13-15-27)26-25(29)22-10-6-7-11-23(22)31-17-16-30-21-8-4-3-5-9-21/h3-11,19-20H,12-18H2,1-2H3,(H,26,29). The van der Waals surface area contributed by atoms with Crippen LogP contribution >= 0.6 is 0 Å². The minimum absolute atomic E-state index is 0.0603. The van der Waals surface area contributed by atoms with Crippen molar-refractivity contribution in [1.29, 1.82) is 0 Å². The van der Waals surface area contributed by atoms with Gasteiger partial charge in [0.25, 0.3) is 5.91 Å². The summed E-state index contributed by atoms with van der Waals surface area (Å²) >= 11 is 0. The molecule has 0 spiro atoms. The molecular formula is C25H32N2O4. The van der Waals surface area contributed by atoms with Crippen LogP contribution < -0.4 is 14.8 Å². The number of para-hydroxylation sites is 2. The van der Waals surface area contributed by atoms with Gasteiger partial charge in [-0.2, -0.15) is 0 Å². The van der Waals surface area contributed by atoms with Crippen molar-refractivity contribution < 1.29 is 19.1 Å². The second-order valence-electron chi connectivity index (χ2n) is 8.23. The quantitative estimate of drug-likeness (QED) is 0.620. The van der Waals surface area contributed by atoms with Gasteiger partial charge in [-0.15, -0.1) is 0 Å². The number of piperidine rings is 1. The molecule has 2 aromatic carbocycles. The van der Waals surface area contributed by atoms with E-state index in [4.69, 9.17) is 9.47 Å². The van der Waals surface area contributed by atoms with E-state index in [0.717, 1.165) is 18.6 Å². The van der Waals surface area contributed by atoms with Crippen LogP contribution in [0, 0.1) is 5.92 Å². The van der Waals surface area contributed by atoms with Crippen LogP contribution in [0.2, 0.25) is 0 Å². The fourth-order valence-corrected chi connectivity index (χ4v) is 3.62. The normalized spacial score (nSPS) is 14.4. The number of hydrogen-bond donors (Lipinski definition) is 1. The van der Waals surface area contributed by atoms with Crippen LogP contribution in [0.5, 0.6) is 11.5 Å². The summed E-state index contributed by atoms with van der Waals surface area (Å²) in [6.07, 6.45) is 2.11. The number of benzene rings is 2. The van der Waals surface area contributed by atoms with Crippen LogP contribution in [0.15, 0.2) is 54.6 Å². The third-order valence-electron chi connectivity index (χ3n) is 5.25. The highest BCUT2D eigenvalue weighted by Crippen LogP contribution is 2.20. The Morgan fingerprint density at radius 2 is 1.61 bits per heavy atom. The van der Waals surface area contributed by atoms with E-state index in [2.05, 4.69) is 19.2 Å². The topological polar surface area (TPSA) is 67.9 Å². The second kappa shape index (κ2) is 11.4. The molecule has 1 aliphatic rings. The SMILES string of the molecule is CC(C)CC(=O)N1CCC(NC(=O)c2ccccc2OCCOc2ccccc2)CC1. The van der Waals surface area contributed by atoms with Crippen molar-refractivity contribution in [2.45, 2.75) is 39.2 Å². The molecule has 6 nitrogen and oxygen atoms in total. The fraction of sp³-hybridized carbons (Fsp3) is 0.440. The summed E-state index contributed by atoms with van der Waals surface area (Å²) in [6, 6.07) is 16.9. The Morgan fingerprint density at radius 1 is 0.968 bits per heavy atom. The van der Waals surface area contributed by atoms with E-state index < -0.39 is 0 Å². The van der Waals surface area contributed by atoms with Crippen molar-refractivity contribution >= 4 is 11.8 Å². The van der Waals surface area contributed by atoms with Crippen molar-refractivity contribution in [3.05, 3.63) is 60.2 Å². The number of rotatable bonds is 9. The number of nitrogens with zero attached hydrogens (tertiary/aromatic N) is 1. The molecule has 31 heavy (non-hydrogen) atoms. The molecule has 1 aliphatic heterocycles. The number of nitrogens with one attached hydrogen (secondary N) is 1. The Balaban J connectivity index is 1.47. The van der Waals surface area contributed by atoms with Gasteiger partial charge in [0.2, 0.25) is 5.91 Å². The lowest BCUT2D eigenvalue weighted by atomic mass is 10.0. The van der Waals surface area contributed by atoms with Crippen LogP contribution in [-0.4, -0.2) is 49.1 Å². The average Bonchev–Trinajstić information content (AvgIpc) is 2.77. The molecule has 1 N–H and O–H groups in total. The van der Waals surface area contributed by atoms with Gasteiger partial charge in [0, 0.05) is 25.6 Å². The number of ether oxygens (including phenoxy) is 2. The molecule has 6 heteroatoms. The van der Waals surface area contributed by atoms with Gasteiger partial charge in [-0.3, -0.25) is 9.59 Å². The number of amides is 2. The summed E-state index contributed by atoms with van der Waals surface area (Å²) in [5.41, 5.74) is 0.514. The Morgan fingerprint density at radius 3 is 2.32 bits per heavy atom. The molecule has 0 saturated carbocycles. The van der Waals surface area contributed by atoms with Gasteiger partial charge in [0.05, 0.1) is 5.56 Å². The van der Waals surface area contributed by atoms with Crippen molar-refractivity contribution in [2.24, 2.45) is 5.92 Å². The molecule has 0 atom stereocenters. The third kappa shape index (κ3) is 7.02. The van der Waals surface area contributed by atoms with E-state index in [0.29, 0.717) is 50.0 Å². The lowest BCUT2D eigenvalue weighted by Crippen LogP contribution is -2.46. The highest BCUT2D eigenvalue weighted by Gasteiger charge is 2.25. The van der Waals surface area contributed by atoms with E-state index in [-0.39, 0.29) is 17.9 Å². The molecular weight excluding hydrogens is 392 g/mol. The van der Waals surface area contributed by atoms with E-state index in [1.165, 1.54) is 0 Å². The Labute approximate surface area is 184 Å². The predicted octanol–water partition coefficient (Wildman–Crippen LogP) is 3.91. The zero-order valence-corrected chi connectivity index (χ0v) is 18.4. The summed E-state index contributed by atoms with van der Waals surface area (Å²) in [6.45, 7) is 6.21. The van der Waals surface area contributed by atoms with Gasteiger partial charge in [-0.1, -0.05) is 44.2 Å². The number of hydrogen-bond acceptors (Lipinski definition) is 4. The van der Waals surface area contributed by atoms with Crippen molar-refractivity contribution in [2.75, 3.05) is 26.3 Å². The van der Waals surface area contributed by atoms with Gasteiger partial charge >= 0.3 is 0 Å². The summed E-state index contributed by atoms with van der Waals surface area (Å²) in [7, 11) is 0. The summed E-state index contributed by atoms with van der Waals surface area (Å²) < 4.78 is 11.5. The first-order chi connectivity index (χ1) is 15.0.